The monoisotopic (exact) mass is 200 g/mol. The lowest BCUT2D eigenvalue weighted by Crippen LogP contribution is -2.16. The van der Waals surface area contributed by atoms with Gasteiger partial charge >= 0.3 is 5.97 Å². The Morgan fingerprint density at radius 3 is 2.71 bits per heavy atom. The molecule has 0 aliphatic rings. The summed E-state index contributed by atoms with van der Waals surface area (Å²) in [7, 11) is 0. The van der Waals surface area contributed by atoms with Crippen molar-refractivity contribution in [3.63, 3.8) is 0 Å². The largest absolute Gasteiger partial charge is 0.478 e. The van der Waals surface area contributed by atoms with Crippen molar-refractivity contribution >= 4 is 5.97 Å². The fourth-order valence-corrected chi connectivity index (χ4v) is 0.819. The van der Waals surface area contributed by atoms with Crippen LogP contribution in [0.3, 0.4) is 0 Å². The van der Waals surface area contributed by atoms with Crippen molar-refractivity contribution in [3.05, 3.63) is 24.8 Å². The van der Waals surface area contributed by atoms with E-state index in [4.69, 9.17) is 9.84 Å². The first-order valence-corrected chi connectivity index (χ1v) is 4.35. The number of ether oxygens (including phenoxy) is 1. The van der Waals surface area contributed by atoms with Crippen molar-refractivity contribution in [1.29, 1.82) is 0 Å². The molecule has 0 aromatic heterocycles. The molecule has 0 aliphatic heterocycles. The molecule has 0 fully saturated rings. The molecule has 14 heavy (non-hydrogen) atoms. The maximum Gasteiger partial charge on any atom is 0.330 e. The van der Waals surface area contributed by atoms with Gasteiger partial charge in [-0.05, 0) is 12.8 Å². The molecule has 0 bridgehead atoms. The zero-order valence-corrected chi connectivity index (χ0v) is 8.11. The van der Waals surface area contributed by atoms with Gasteiger partial charge in [-0.15, -0.1) is 6.58 Å². The molecular weight excluding hydrogens is 184 g/mol. The number of carboxylic acids is 1. The van der Waals surface area contributed by atoms with Gasteiger partial charge in [-0.1, -0.05) is 12.7 Å². The number of aliphatic carboxylic acids is 1. The van der Waals surface area contributed by atoms with Crippen LogP contribution in [0.5, 0.6) is 0 Å². The summed E-state index contributed by atoms with van der Waals surface area (Å²) in [6, 6.07) is 0. The van der Waals surface area contributed by atoms with E-state index >= 15 is 0 Å². The molecule has 80 valence electrons. The van der Waals surface area contributed by atoms with E-state index in [-0.39, 0.29) is 18.6 Å². The second-order valence-electron chi connectivity index (χ2n) is 2.93. The molecule has 0 aliphatic carbocycles. The number of carboxylic acid groups (broad SMARTS) is 1. The van der Waals surface area contributed by atoms with Gasteiger partial charge in [-0.3, -0.25) is 0 Å². The molecule has 0 spiro atoms. The van der Waals surface area contributed by atoms with Gasteiger partial charge in [0.05, 0.1) is 19.3 Å². The van der Waals surface area contributed by atoms with Gasteiger partial charge in [0.25, 0.3) is 0 Å². The van der Waals surface area contributed by atoms with Crippen molar-refractivity contribution in [2.45, 2.75) is 18.9 Å². The summed E-state index contributed by atoms with van der Waals surface area (Å²) in [6.07, 6.45) is 1.56. The predicted molar refractivity (Wildman–Crippen MR) is 53.0 cm³/mol. The van der Waals surface area contributed by atoms with E-state index in [9.17, 15) is 9.90 Å². The van der Waals surface area contributed by atoms with Crippen LogP contribution < -0.4 is 0 Å². The zero-order chi connectivity index (χ0) is 11.0. The highest BCUT2D eigenvalue weighted by molar-refractivity contribution is 5.85. The van der Waals surface area contributed by atoms with Crippen LogP contribution in [-0.4, -0.2) is 35.5 Å². The molecule has 0 rings (SSSR count). The fourth-order valence-electron chi connectivity index (χ4n) is 0.819. The lowest BCUT2D eigenvalue weighted by Gasteiger charge is -2.09. The molecule has 0 amide bonds. The molecule has 2 N–H and O–H groups in total. The van der Waals surface area contributed by atoms with Crippen LogP contribution in [0.2, 0.25) is 0 Å². The Kier molecular flexibility index (Phi) is 6.70. The molecule has 1 atom stereocenters. The van der Waals surface area contributed by atoms with Crippen LogP contribution in [0.4, 0.5) is 0 Å². The van der Waals surface area contributed by atoms with Crippen LogP contribution in [0.1, 0.15) is 12.8 Å². The Labute approximate surface area is 83.5 Å². The molecule has 0 radical (unpaired) electrons. The van der Waals surface area contributed by atoms with Crippen molar-refractivity contribution in [2.75, 3.05) is 13.2 Å². The van der Waals surface area contributed by atoms with Crippen LogP contribution in [0, 0.1) is 0 Å². The predicted octanol–water partition coefficient (Wildman–Crippen LogP) is 0.971. The van der Waals surface area contributed by atoms with E-state index in [1.165, 1.54) is 0 Å². The van der Waals surface area contributed by atoms with Gasteiger partial charge < -0.3 is 14.9 Å². The van der Waals surface area contributed by atoms with Gasteiger partial charge in [-0.25, -0.2) is 4.79 Å². The minimum Gasteiger partial charge on any atom is -0.478 e. The highest BCUT2D eigenvalue weighted by Gasteiger charge is 2.08. The molecule has 0 aromatic rings. The van der Waals surface area contributed by atoms with Crippen molar-refractivity contribution in [2.24, 2.45) is 0 Å². The van der Waals surface area contributed by atoms with E-state index in [1.54, 1.807) is 6.08 Å². The van der Waals surface area contributed by atoms with E-state index in [0.717, 1.165) is 0 Å². The Balaban J connectivity index is 3.52. The van der Waals surface area contributed by atoms with Crippen molar-refractivity contribution in [3.8, 4) is 0 Å². The average Bonchev–Trinajstić information content (AvgIpc) is 2.14. The lowest BCUT2D eigenvalue weighted by atomic mass is 10.1. The number of carbonyl (C=O) groups is 1. The number of rotatable bonds is 8. The second kappa shape index (κ2) is 7.29. The Morgan fingerprint density at radius 1 is 1.57 bits per heavy atom. The Morgan fingerprint density at radius 2 is 2.21 bits per heavy atom. The third-order valence-electron chi connectivity index (χ3n) is 1.63. The summed E-state index contributed by atoms with van der Waals surface area (Å²) in [6.45, 7) is 7.39. The first kappa shape index (κ1) is 12.9. The third-order valence-corrected chi connectivity index (χ3v) is 1.63. The summed E-state index contributed by atoms with van der Waals surface area (Å²) >= 11 is 0. The molecule has 4 nitrogen and oxygen atoms in total. The topological polar surface area (TPSA) is 66.8 Å². The number of hydrogen-bond acceptors (Lipinski definition) is 3. The quantitative estimate of drug-likeness (QED) is 0.348. The second-order valence-corrected chi connectivity index (χ2v) is 2.93. The first-order chi connectivity index (χ1) is 6.57. The summed E-state index contributed by atoms with van der Waals surface area (Å²) in [4.78, 5) is 10.3. The zero-order valence-electron chi connectivity index (χ0n) is 8.11. The molecule has 0 aromatic carbocycles. The van der Waals surface area contributed by atoms with Crippen LogP contribution in [0.15, 0.2) is 24.8 Å². The summed E-state index contributed by atoms with van der Waals surface area (Å²) in [5, 5.41) is 17.8. The SMILES string of the molecule is C=CCOCC(O)CCC(=C)C(=O)O. The molecule has 0 saturated carbocycles. The summed E-state index contributed by atoms with van der Waals surface area (Å²) in [5.41, 5.74) is 0.104. The van der Waals surface area contributed by atoms with Crippen molar-refractivity contribution < 1.29 is 19.7 Å². The standard InChI is InChI=1S/C10H16O4/c1-3-6-14-7-9(11)5-4-8(2)10(12)13/h3,9,11H,1-2,4-7H2,(H,12,13). The molecular formula is C10H16O4. The van der Waals surface area contributed by atoms with Crippen LogP contribution in [0.25, 0.3) is 0 Å². The maximum absolute atomic E-state index is 10.3. The van der Waals surface area contributed by atoms with Gasteiger partial charge in [0, 0.05) is 5.57 Å². The number of aliphatic hydroxyl groups is 1. The van der Waals surface area contributed by atoms with E-state index in [2.05, 4.69) is 13.2 Å². The Hall–Kier alpha value is -1.13. The molecule has 1 unspecified atom stereocenters. The maximum atomic E-state index is 10.3. The normalized spacial score (nSPS) is 12.1. The minimum absolute atomic E-state index is 0.104. The third kappa shape index (κ3) is 6.39. The van der Waals surface area contributed by atoms with E-state index in [0.29, 0.717) is 13.0 Å². The summed E-state index contributed by atoms with van der Waals surface area (Å²) in [5.74, 6) is -1.02. The van der Waals surface area contributed by atoms with Gasteiger partial charge in [0.1, 0.15) is 0 Å². The fraction of sp³-hybridized carbons (Fsp3) is 0.500. The average molecular weight is 200 g/mol. The summed E-state index contributed by atoms with van der Waals surface area (Å²) < 4.78 is 4.99. The molecule has 0 saturated heterocycles. The van der Waals surface area contributed by atoms with Crippen molar-refractivity contribution in [1.82, 2.24) is 0 Å². The van der Waals surface area contributed by atoms with E-state index < -0.39 is 12.1 Å². The minimum atomic E-state index is -1.02. The van der Waals surface area contributed by atoms with Crippen LogP contribution in [-0.2, 0) is 9.53 Å². The van der Waals surface area contributed by atoms with Gasteiger partial charge in [-0.2, -0.15) is 0 Å². The lowest BCUT2D eigenvalue weighted by molar-refractivity contribution is -0.132. The van der Waals surface area contributed by atoms with Crippen LogP contribution >= 0.6 is 0 Å². The molecule has 4 heteroatoms. The van der Waals surface area contributed by atoms with Gasteiger partial charge in [0.2, 0.25) is 0 Å². The molecule has 0 heterocycles. The van der Waals surface area contributed by atoms with E-state index in [1.807, 2.05) is 0 Å². The number of aliphatic hydroxyl groups excluding tert-OH is 1. The smallest absolute Gasteiger partial charge is 0.330 e. The first-order valence-electron chi connectivity index (χ1n) is 4.35. The van der Waals surface area contributed by atoms with Gasteiger partial charge in [0.15, 0.2) is 0 Å². The highest BCUT2D eigenvalue weighted by atomic mass is 16.5. The number of hydrogen-bond donors (Lipinski definition) is 2. The Bertz CT molecular complexity index is 210. The highest BCUT2D eigenvalue weighted by Crippen LogP contribution is 2.06.